The van der Waals surface area contributed by atoms with Gasteiger partial charge >= 0.3 is 5.97 Å². The first-order chi connectivity index (χ1) is 31.3. The van der Waals surface area contributed by atoms with Crippen molar-refractivity contribution < 1.29 is 47.4 Å². The second-order valence-corrected chi connectivity index (χ2v) is 17.8. The molecule has 0 saturated carbocycles. The zero-order valence-electron chi connectivity index (χ0n) is 37.2. The van der Waals surface area contributed by atoms with Crippen molar-refractivity contribution in [3.8, 4) is 28.7 Å². The van der Waals surface area contributed by atoms with Crippen molar-refractivity contribution in [1.29, 1.82) is 5.26 Å². The van der Waals surface area contributed by atoms with Crippen LogP contribution in [0.5, 0.6) is 11.5 Å². The van der Waals surface area contributed by atoms with E-state index in [1.807, 2.05) is 13.8 Å². The highest BCUT2D eigenvalue weighted by atomic mass is 32.2. The Morgan fingerprint density at radius 2 is 1.69 bits per heavy atom. The third kappa shape index (κ3) is 7.46. The minimum Gasteiger partial charge on any atom is -0.493 e. The number of fused-ring (bicyclic) bond motifs is 11. The van der Waals surface area contributed by atoms with E-state index in [2.05, 4.69) is 84.1 Å². The molecule has 0 spiro atoms. The molecule has 0 amide bonds. The molecule has 2 aliphatic carbocycles. The zero-order chi connectivity index (χ0) is 44.6. The van der Waals surface area contributed by atoms with Crippen LogP contribution in [0, 0.1) is 24.2 Å². The normalized spacial score (nSPS) is 25.7. The van der Waals surface area contributed by atoms with Crippen molar-refractivity contribution in [3.63, 3.8) is 0 Å². The summed E-state index contributed by atoms with van der Waals surface area (Å²) in [6.45, 7) is 8.10. The molecular formula is C50H55N3O10S. The van der Waals surface area contributed by atoms with E-state index in [1.165, 1.54) is 41.1 Å². The lowest BCUT2D eigenvalue weighted by Gasteiger charge is -2.61. The number of likely N-dealkylation sites (N-methyl/N-ethyl adjacent to an activating group) is 1. The molecule has 336 valence electrons. The Labute approximate surface area is 379 Å². The molecule has 14 heteroatoms. The summed E-state index contributed by atoms with van der Waals surface area (Å²) in [5.41, 5.74) is 9.80. The molecule has 3 aromatic rings. The van der Waals surface area contributed by atoms with Crippen LogP contribution in [0.4, 0.5) is 0 Å². The number of esters is 1. The fourth-order valence-corrected chi connectivity index (χ4v) is 12.2. The average molecular weight is 890 g/mol. The molecule has 0 aromatic heterocycles. The Hall–Kier alpha value is -5.27. The van der Waals surface area contributed by atoms with Crippen molar-refractivity contribution in [1.82, 2.24) is 9.80 Å². The predicted molar refractivity (Wildman–Crippen MR) is 240 cm³/mol. The molecule has 3 unspecified atom stereocenters. The molecule has 6 aliphatic rings. The number of methoxy groups -OCH3 is 3. The van der Waals surface area contributed by atoms with Gasteiger partial charge in [0.05, 0.1) is 38.0 Å². The van der Waals surface area contributed by atoms with Crippen molar-refractivity contribution in [2.24, 2.45) is 5.92 Å². The average Bonchev–Trinajstić information content (AvgIpc) is 3.92. The third-order valence-electron chi connectivity index (χ3n) is 13.7. The first kappa shape index (κ1) is 44.0. The minimum atomic E-state index is -0.643. The summed E-state index contributed by atoms with van der Waals surface area (Å²) in [4.78, 5) is 19.0. The fourth-order valence-electron chi connectivity index (χ4n) is 11.2. The number of carbonyl (C=O) groups excluding carboxylic acids is 1. The van der Waals surface area contributed by atoms with Crippen molar-refractivity contribution in [2.75, 3.05) is 67.7 Å². The van der Waals surface area contributed by atoms with Crippen LogP contribution in [0.15, 0.2) is 101 Å². The SMILES string of the molecule is C=CCOC1C(C)=C2OCOC2=C2C1CC1[C@@H]3c4c(cc(C)c(OC)c4OCOC)C[C@H]([C@H](C#N)N1[C@H]2COC(=O)/C(=C/SCC1c2ccccc2-c2ccccc21)OCOC)N3C. The largest absolute Gasteiger partial charge is 0.493 e. The third-order valence-corrected chi connectivity index (χ3v) is 14.6. The first-order valence-electron chi connectivity index (χ1n) is 21.7. The molecule has 4 heterocycles. The van der Waals surface area contributed by atoms with Crippen LogP contribution in [0.3, 0.4) is 0 Å². The lowest BCUT2D eigenvalue weighted by Crippen LogP contribution is -2.71. The number of nitrogens with zero attached hydrogens (tertiary/aromatic N) is 3. The molecule has 13 nitrogen and oxygen atoms in total. The van der Waals surface area contributed by atoms with Gasteiger partial charge in [0, 0.05) is 66.0 Å². The van der Waals surface area contributed by atoms with E-state index in [4.69, 9.17) is 42.6 Å². The van der Waals surface area contributed by atoms with E-state index in [1.54, 1.807) is 25.7 Å². The number of rotatable bonds is 16. The number of benzene rings is 3. The van der Waals surface area contributed by atoms with Gasteiger partial charge in [-0.25, -0.2) is 4.79 Å². The highest BCUT2D eigenvalue weighted by molar-refractivity contribution is 8.02. The molecule has 2 bridgehead atoms. The van der Waals surface area contributed by atoms with Crippen LogP contribution in [0.25, 0.3) is 11.1 Å². The van der Waals surface area contributed by atoms with Crippen LogP contribution in [-0.4, -0.2) is 114 Å². The standard InChI is InChI=1S/C50H55N3O10S/c1-8-17-58-46-29(3)47-49(63-27-62-47)43-35(46)20-38-44-42-30(18-28(2)45(57-7)48(42)61-26-56-6)19-37(52(44)4)39(21-51)53(38)40(43)22-59-50(54)41(60-25-55-5)24-64-23-36-33-15-11-9-13-31(33)32-14-10-12-16-34(32)36/h8-16,18,24,35-40,44,46H,1,17,19-20,22-23,25-27H2,2-7H3/b41-24-/t35?,37-,38?,39+,40+,44-,46?/m1/s1. The number of carbonyl (C=O) groups is 1. The lowest BCUT2D eigenvalue weighted by atomic mass is 9.66. The maximum atomic E-state index is 14.4. The number of nitriles is 1. The Balaban J connectivity index is 1.09. The van der Waals surface area contributed by atoms with Gasteiger partial charge in [0.15, 0.2) is 36.6 Å². The van der Waals surface area contributed by atoms with Gasteiger partial charge in [-0.15, -0.1) is 18.3 Å². The monoisotopic (exact) mass is 889 g/mol. The number of piperazine rings is 1. The smallest absolute Gasteiger partial charge is 0.374 e. The highest BCUT2D eigenvalue weighted by Gasteiger charge is 2.60. The summed E-state index contributed by atoms with van der Waals surface area (Å²) < 4.78 is 54.5. The van der Waals surface area contributed by atoms with Crippen LogP contribution >= 0.6 is 11.8 Å². The van der Waals surface area contributed by atoms with E-state index < -0.39 is 24.2 Å². The highest BCUT2D eigenvalue weighted by Crippen LogP contribution is 2.57. The predicted octanol–water partition coefficient (Wildman–Crippen LogP) is 7.52. The van der Waals surface area contributed by atoms with E-state index >= 15 is 0 Å². The molecule has 7 atom stereocenters. The molecular weight excluding hydrogens is 835 g/mol. The van der Waals surface area contributed by atoms with Gasteiger partial charge < -0.3 is 42.6 Å². The fraction of sp³-hybridized carbons (Fsp3) is 0.440. The Morgan fingerprint density at radius 1 is 0.969 bits per heavy atom. The summed E-state index contributed by atoms with van der Waals surface area (Å²) in [7, 11) is 6.84. The number of piperidine rings is 1. The second kappa shape index (κ2) is 18.7. The van der Waals surface area contributed by atoms with Crippen LogP contribution in [0.2, 0.25) is 0 Å². The van der Waals surface area contributed by atoms with Crippen molar-refractivity contribution >= 4 is 17.7 Å². The number of thioether (sulfide) groups is 1. The number of aryl methyl sites for hydroxylation is 1. The van der Waals surface area contributed by atoms with E-state index in [0.29, 0.717) is 48.2 Å². The maximum Gasteiger partial charge on any atom is 0.374 e. The zero-order valence-corrected chi connectivity index (χ0v) is 38.0. The lowest BCUT2D eigenvalue weighted by molar-refractivity contribution is -0.151. The quantitative estimate of drug-likeness (QED) is 0.0462. The molecule has 64 heavy (non-hydrogen) atoms. The maximum absolute atomic E-state index is 14.4. The first-order valence-corrected chi connectivity index (χ1v) is 22.7. The number of hydrogen-bond donors (Lipinski definition) is 0. The summed E-state index contributed by atoms with van der Waals surface area (Å²) in [5, 5.41) is 13.0. The van der Waals surface area contributed by atoms with Crippen molar-refractivity contribution in [2.45, 2.75) is 68.9 Å². The van der Waals surface area contributed by atoms with Crippen molar-refractivity contribution in [3.05, 3.63) is 129 Å². The molecule has 3 saturated heterocycles. The summed E-state index contributed by atoms with van der Waals surface area (Å²) in [5.74, 6) is 2.46. The molecule has 3 fully saturated rings. The van der Waals surface area contributed by atoms with Gasteiger partial charge in [-0.3, -0.25) is 9.80 Å². The van der Waals surface area contributed by atoms with Gasteiger partial charge in [-0.05, 0) is 67.1 Å². The van der Waals surface area contributed by atoms with E-state index in [9.17, 15) is 10.1 Å². The van der Waals surface area contributed by atoms with Crippen LogP contribution in [0.1, 0.15) is 53.1 Å². The van der Waals surface area contributed by atoms with Gasteiger partial charge in [-0.2, -0.15) is 5.26 Å². The van der Waals surface area contributed by atoms with Gasteiger partial charge in [-0.1, -0.05) is 60.7 Å². The number of ether oxygens (including phenoxy) is 9. The Morgan fingerprint density at radius 3 is 2.38 bits per heavy atom. The second-order valence-electron chi connectivity index (χ2n) is 16.9. The topological polar surface area (TPSA) is 130 Å². The summed E-state index contributed by atoms with van der Waals surface area (Å²) >= 11 is 1.49. The summed E-state index contributed by atoms with van der Waals surface area (Å²) in [6, 6.07) is 19.9. The molecule has 4 aliphatic heterocycles. The van der Waals surface area contributed by atoms with Gasteiger partial charge in [0.25, 0.3) is 0 Å². The van der Waals surface area contributed by atoms with Crippen LogP contribution < -0.4 is 9.47 Å². The van der Waals surface area contributed by atoms with Crippen LogP contribution in [-0.2, 0) is 44.4 Å². The molecule has 9 rings (SSSR count). The molecule has 0 radical (unpaired) electrons. The van der Waals surface area contributed by atoms with E-state index in [0.717, 1.165) is 27.8 Å². The van der Waals surface area contributed by atoms with E-state index in [-0.39, 0.29) is 62.7 Å². The number of hydrogen-bond acceptors (Lipinski definition) is 14. The Bertz CT molecular complexity index is 2400. The minimum absolute atomic E-state index is 0.0286. The Kier molecular flexibility index (Phi) is 12.8. The molecule has 0 N–H and O–H groups in total. The summed E-state index contributed by atoms with van der Waals surface area (Å²) in [6.07, 6.45) is 2.51. The van der Waals surface area contributed by atoms with Gasteiger partial charge in [0.1, 0.15) is 12.6 Å². The molecule has 3 aromatic carbocycles. The van der Waals surface area contributed by atoms with Gasteiger partial charge in [0.2, 0.25) is 12.6 Å².